The minimum Gasteiger partial charge on any atom is -0.398 e. The maximum Gasteiger partial charge on any atom is 0.0670 e. The van der Waals surface area contributed by atoms with Gasteiger partial charge in [0.1, 0.15) is 0 Å². The monoisotopic (exact) mass is 217 g/mol. The molecule has 86 valence electrons. The lowest BCUT2D eigenvalue weighted by atomic mass is 9.97. The van der Waals surface area contributed by atoms with E-state index in [4.69, 9.17) is 11.0 Å². The Morgan fingerprint density at radius 3 is 2.62 bits per heavy atom. The number of hydrogen-bond acceptors (Lipinski definition) is 3. The lowest BCUT2D eigenvalue weighted by Crippen LogP contribution is -2.19. The number of nitrogens with one attached hydrogen (secondary N) is 1. The van der Waals surface area contributed by atoms with Gasteiger partial charge in [0, 0.05) is 17.9 Å². The SMILES string of the molecule is CC(C)(C)CNc1ccc(N)c(CC#N)c1. The molecule has 0 spiro atoms. The van der Waals surface area contributed by atoms with Gasteiger partial charge in [-0.1, -0.05) is 20.8 Å². The summed E-state index contributed by atoms with van der Waals surface area (Å²) in [6.45, 7) is 7.41. The van der Waals surface area contributed by atoms with Gasteiger partial charge in [-0.15, -0.1) is 0 Å². The van der Waals surface area contributed by atoms with E-state index in [-0.39, 0.29) is 5.41 Å². The van der Waals surface area contributed by atoms with Crippen molar-refractivity contribution in [1.29, 1.82) is 5.26 Å². The summed E-state index contributed by atoms with van der Waals surface area (Å²) in [5, 5.41) is 12.0. The van der Waals surface area contributed by atoms with E-state index in [1.807, 2.05) is 18.2 Å². The Bertz CT molecular complexity index is 397. The Balaban J connectivity index is 2.76. The summed E-state index contributed by atoms with van der Waals surface area (Å²) < 4.78 is 0. The molecule has 0 aromatic heterocycles. The lowest BCUT2D eigenvalue weighted by Gasteiger charge is -2.20. The number of nitrogens with zero attached hydrogens (tertiary/aromatic N) is 1. The number of benzene rings is 1. The van der Waals surface area contributed by atoms with Crippen LogP contribution in [0, 0.1) is 16.7 Å². The van der Waals surface area contributed by atoms with Gasteiger partial charge in [0.05, 0.1) is 12.5 Å². The van der Waals surface area contributed by atoms with Gasteiger partial charge >= 0.3 is 0 Å². The van der Waals surface area contributed by atoms with Crippen molar-refractivity contribution in [2.75, 3.05) is 17.6 Å². The summed E-state index contributed by atoms with van der Waals surface area (Å²) >= 11 is 0. The smallest absolute Gasteiger partial charge is 0.0670 e. The Morgan fingerprint density at radius 1 is 1.38 bits per heavy atom. The molecule has 1 rings (SSSR count). The largest absolute Gasteiger partial charge is 0.398 e. The van der Waals surface area contributed by atoms with Gasteiger partial charge in [0.15, 0.2) is 0 Å². The number of rotatable bonds is 3. The van der Waals surface area contributed by atoms with E-state index in [2.05, 4.69) is 32.2 Å². The van der Waals surface area contributed by atoms with E-state index in [0.717, 1.165) is 17.8 Å². The average molecular weight is 217 g/mol. The average Bonchev–Trinajstić information content (AvgIpc) is 2.18. The van der Waals surface area contributed by atoms with Crippen molar-refractivity contribution in [3.63, 3.8) is 0 Å². The van der Waals surface area contributed by atoms with Crippen LogP contribution in [0.15, 0.2) is 18.2 Å². The molecule has 0 heterocycles. The first-order valence-electron chi connectivity index (χ1n) is 5.41. The van der Waals surface area contributed by atoms with Crippen molar-refractivity contribution in [1.82, 2.24) is 0 Å². The highest BCUT2D eigenvalue weighted by Gasteiger charge is 2.09. The van der Waals surface area contributed by atoms with Crippen LogP contribution >= 0.6 is 0 Å². The summed E-state index contributed by atoms with van der Waals surface area (Å²) in [5.41, 5.74) is 8.61. The third-order valence-corrected chi connectivity index (χ3v) is 2.24. The normalized spacial score (nSPS) is 10.9. The molecule has 0 fully saturated rings. The lowest BCUT2D eigenvalue weighted by molar-refractivity contribution is 0.443. The molecule has 0 bridgehead atoms. The van der Waals surface area contributed by atoms with Crippen LogP contribution in [0.3, 0.4) is 0 Å². The number of nitriles is 1. The van der Waals surface area contributed by atoms with Gasteiger partial charge in [0.25, 0.3) is 0 Å². The molecule has 0 saturated heterocycles. The zero-order valence-electron chi connectivity index (χ0n) is 10.2. The predicted molar refractivity (Wildman–Crippen MR) is 68.1 cm³/mol. The molecule has 0 unspecified atom stereocenters. The minimum atomic E-state index is 0.233. The zero-order chi connectivity index (χ0) is 12.2. The Labute approximate surface area is 97.3 Å². The van der Waals surface area contributed by atoms with E-state index in [1.54, 1.807) is 0 Å². The van der Waals surface area contributed by atoms with Crippen LogP contribution < -0.4 is 11.1 Å². The summed E-state index contributed by atoms with van der Waals surface area (Å²) in [5.74, 6) is 0. The maximum atomic E-state index is 8.67. The van der Waals surface area contributed by atoms with Gasteiger partial charge < -0.3 is 11.1 Å². The van der Waals surface area contributed by atoms with Crippen LogP contribution in [0.5, 0.6) is 0 Å². The predicted octanol–water partition coefficient (Wildman–Crippen LogP) is 2.79. The van der Waals surface area contributed by atoms with Gasteiger partial charge in [-0.3, -0.25) is 0 Å². The van der Waals surface area contributed by atoms with Crippen molar-refractivity contribution >= 4 is 11.4 Å². The molecule has 1 aromatic rings. The molecular formula is C13H19N3. The quantitative estimate of drug-likeness (QED) is 0.765. The maximum absolute atomic E-state index is 8.67. The molecule has 0 saturated carbocycles. The molecular weight excluding hydrogens is 198 g/mol. The third kappa shape index (κ3) is 3.82. The highest BCUT2D eigenvalue weighted by molar-refractivity contribution is 5.58. The summed E-state index contributed by atoms with van der Waals surface area (Å²) in [6.07, 6.45) is 0.358. The summed E-state index contributed by atoms with van der Waals surface area (Å²) in [7, 11) is 0. The first-order chi connectivity index (χ1) is 7.42. The number of anilines is 2. The van der Waals surface area contributed by atoms with Crippen LogP contribution in [-0.2, 0) is 6.42 Å². The van der Waals surface area contributed by atoms with Crippen LogP contribution in [0.1, 0.15) is 26.3 Å². The fraction of sp³-hybridized carbons (Fsp3) is 0.462. The van der Waals surface area contributed by atoms with Crippen molar-refractivity contribution in [2.45, 2.75) is 27.2 Å². The Morgan fingerprint density at radius 2 is 2.06 bits per heavy atom. The molecule has 0 aliphatic rings. The molecule has 0 aliphatic carbocycles. The summed E-state index contributed by atoms with van der Waals surface area (Å²) in [4.78, 5) is 0. The van der Waals surface area contributed by atoms with Gasteiger partial charge in [-0.2, -0.15) is 5.26 Å². The topological polar surface area (TPSA) is 61.8 Å². The minimum absolute atomic E-state index is 0.233. The molecule has 3 heteroatoms. The van der Waals surface area contributed by atoms with Gasteiger partial charge in [-0.05, 0) is 29.2 Å². The highest BCUT2D eigenvalue weighted by Crippen LogP contribution is 2.20. The van der Waals surface area contributed by atoms with Crippen molar-refractivity contribution in [3.8, 4) is 6.07 Å². The Kier molecular flexibility index (Phi) is 3.78. The van der Waals surface area contributed by atoms with E-state index >= 15 is 0 Å². The summed E-state index contributed by atoms with van der Waals surface area (Å²) in [6, 6.07) is 7.86. The van der Waals surface area contributed by atoms with Crippen molar-refractivity contribution < 1.29 is 0 Å². The molecule has 0 aliphatic heterocycles. The first kappa shape index (κ1) is 12.4. The van der Waals surface area contributed by atoms with E-state index in [0.29, 0.717) is 12.1 Å². The van der Waals surface area contributed by atoms with Crippen LogP contribution in [0.2, 0.25) is 0 Å². The van der Waals surface area contributed by atoms with E-state index in [9.17, 15) is 0 Å². The third-order valence-electron chi connectivity index (χ3n) is 2.24. The molecule has 0 amide bonds. The second-order valence-electron chi connectivity index (χ2n) is 5.16. The van der Waals surface area contributed by atoms with Gasteiger partial charge in [0.2, 0.25) is 0 Å². The molecule has 16 heavy (non-hydrogen) atoms. The van der Waals surface area contributed by atoms with Crippen LogP contribution in [0.25, 0.3) is 0 Å². The van der Waals surface area contributed by atoms with Crippen molar-refractivity contribution in [3.05, 3.63) is 23.8 Å². The van der Waals surface area contributed by atoms with E-state index in [1.165, 1.54) is 0 Å². The van der Waals surface area contributed by atoms with Crippen LogP contribution in [-0.4, -0.2) is 6.54 Å². The fourth-order valence-electron chi connectivity index (χ4n) is 1.32. The fourth-order valence-corrected chi connectivity index (χ4v) is 1.32. The van der Waals surface area contributed by atoms with Crippen molar-refractivity contribution in [2.24, 2.45) is 5.41 Å². The molecule has 0 radical (unpaired) electrons. The standard InChI is InChI=1S/C13H19N3/c1-13(2,3)9-16-11-4-5-12(15)10(8-11)6-7-14/h4-5,8,16H,6,9,15H2,1-3H3. The second kappa shape index (κ2) is 4.89. The second-order valence-corrected chi connectivity index (χ2v) is 5.16. The van der Waals surface area contributed by atoms with Crippen LogP contribution in [0.4, 0.5) is 11.4 Å². The number of hydrogen-bond donors (Lipinski definition) is 2. The molecule has 1 aromatic carbocycles. The molecule has 3 N–H and O–H groups in total. The Hall–Kier alpha value is -1.69. The zero-order valence-corrected chi connectivity index (χ0v) is 10.2. The number of nitrogens with two attached hydrogens (primary N) is 1. The van der Waals surface area contributed by atoms with Gasteiger partial charge in [-0.25, -0.2) is 0 Å². The highest BCUT2D eigenvalue weighted by atomic mass is 14.9. The molecule has 3 nitrogen and oxygen atoms in total. The number of nitrogen functional groups attached to an aromatic ring is 1. The first-order valence-corrected chi connectivity index (χ1v) is 5.41. The van der Waals surface area contributed by atoms with E-state index < -0.39 is 0 Å². The molecule has 0 atom stereocenters.